The van der Waals surface area contributed by atoms with Crippen molar-refractivity contribution in [3.8, 4) is 0 Å². The van der Waals surface area contributed by atoms with Gasteiger partial charge < -0.3 is 0 Å². The van der Waals surface area contributed by atoms with E-state index in [1.807, 2.05) is 6.92 Å². The SMILES string of the molecule is Br.CCC(=N)S. The molecule has 38 valence electrons. The van der Waals surface area contributed by atoms with Gasteiger partial charge in [0.25, 0.3) is 0 Å². The summed E-state index contributed by atoms with van der Waals surface area (Å²) in [6.07, 6.45) is 0.753. The predicted molar refractivity (Wildman–Crippen MR) is 37.3 cm³/mol. The molecule has 0 aliphatic carbocycles. The molecule has 0 unspecified atom stereocenters. The Morgan fingerprint density at radius 1 is 1.83 bits per heavy atom. The Kier molecular flexibility index (Phi) is 8.90. The van der Waals surface area contributed by atoms with Crippen LogP contribution in [0.4, 0.5) is 0 Å². The second kappa shape index (κ2) is 5.50. The van der Waals surface area contributed by atoms with Gasteiger partial charge in [-0.2, -0.15) is 0 Å². The van der Waals surface area contributed by atoms with E-state index in [0.717, 1.165) is 6.42 Å². The normalized spacial score (nSPS) is 6.33. The van der Waals surface area contributed by atoms with Gasteiger partial charge in [-0.1, -0.05) is 6.92 Å². The average Bonchev–Trinajstić information content (AvgIpc) is 1.38. The molecule has 0 aromatic heterocycles. The van der Waals surface area contributed by atoms with Crippen molar-refractivity contribution in [3.05, 3.63) is 0 Å². The second-order valence-electron chi connectivity index (χ2n) is 0.800. The fraction of sp³-hybridized carbons (Fsp3) is 0.667. The first-order valence-corrected chi connectivity index (χ1v) is 1.98. The van der Waals surface area contributed by atoms with Crippen LogP contribution in [0.25, 0.3) is 0 Å². The van der Waals surface area contributed by atoms with Crippen molar-refractivity contribution in [1.29, 1.82) is 5.41 Å². The highest BCUT2D eigenvalue weighted by Gasteiger charge is 1.72. The van der Waals surface area contributed by atoms with Crippen LogP contribution in [-0.4, -0.2) is 5.04 Å². The highest BCUT2D eigenvalue weighted by Crippen LogP contribution is 1.81. The first-order chi connectivity index (χ1) is 2.27. The molecular formula is C3H8BrNS. The van der Waals surface area contributed by atoms with Gasteiger partial charge in [0.15, 0.2) is 0 Å². The Labute approximate surface area is 53.8 Å². The van der Waals surface area contributed by atoms with Crippen LogP contribution in [0, 0.1) is 5.41 Å². The van der Waals surface area contributed by atoms with Gasteiger partial charge in [0.05, 0.1) is 5.04 Å². The molecule has 0 spiro atoms. The lowest BCUT2D eigenvalue weighted by Crippen LogP contribution is -1.72. The average molecular weight is 170 g/mol. The van der Waals surface area contributed by atoms with Crippen molar-refractivity contribution in [2.24, 2.45) is 0 Å². The Balaban J connectivity index is 0. The number of rotatable bonds is 1. The third-order valence-electron chi connectivity index (χ3n) is 0.335. The molecule has 0 aliphatic heterocycles. The maximum absolute atomic E-state index is 6.61. The summed E-state index contributed by atoms with van der Waals surface area (Å²) in [5, 5.41) is 7.06. The standard InChI is InChI=1S/C3H7NS.BrH/c1-2-3(4)5;/h2H2,1H3,(H2,4,5);1H. The summed E-state index contributed by atoms with van der Waals surface area (Å²) >= 11 is 3.68. The molecule has 0 saturated heterocycles. The molecule has 3 heteroatoms. The van der Waals surface area contributed by atoms with Crippen LogP contribution >= 0.6 is 29.6 Å². The maximum atomic E-state index is 6.61. The Hall–Kier alpha value is 0.500. The molecule has 0 aromatic carbocycles. The van der Waals surface area contributed by atoms with Gasteiger partial charge in [0, 0.05) is 0 Å². The number of thiol groups is 1. The van der Waals surface area contributed by atoms with Gasteiger partial charge in [0.2, 0.25) is 0 Å². The minimum absolute atomic E-state index is 0. The van der Waals surface area contributed by atoms with Crippen LogP contribution in [0.3, 0.4) is 0 Å². The van der Waals surface area contributed by atoms with E-state index in [-0.39, 0.29) is 17.0 Å². The summed E-state index contributed by atoms with van der Waals surface area (Å²) in [5.41, 5.74) is 0. The summed E-state index contributed by atoms with van der Waals surface area (Å²) in [6, 6.07) is 0. The molecule has 0 aliphatic rings. The molecule has 1 nitrogen and oxygen atoms in total. The molecule has 0 radical (unpaired) electrons. The van der Waals surface area contributed by atoms with Crippen molar-refractivity contribution in [3.63, 3.8) is 0 Å². The van der Waals surface area contributed by atoms with Gasteiger partial charge in [0.1, 0.15) is 0 Å². The highest BCUT2D eigenvalue weighted by molar-refractivity contribution is 8.93. The van der Waals surface area contributed by atoms with E-state index >= 15 is 0 Å². The minimum atomic E-state index is 0. The number of hydrogen-bond acceptors (Lipinski definition) is 1. The van der Waals surface area contributed by atoms with Gasteiger partial charge >= 0.3 is 0 Å². The molecule has 0 bridgehead atoms. The van der Waals surface area contributed by atoms with Crippen molar-refractivity contribution >= 4 is 34.7 Å². The topological polar surface area (TPSA) is 23.9 Å². The summed E-state index contributed by atoms with van der Waals surface area (Å²) < 4.78 is 0. The Morgan fingerprint density at radius 3 is 2.00 bits per heavy atom. The molecule has 1 N–H and O–H groups in total. The van der Waals surface area contributed by atoms with Crippen molar-refractivity contribution in [2.75, 3.05) is 0 Å². The van der Waals surface area contributed by atoms with E-state index in [0.29, 0.717) is 5.04 Å². The number of hydrogen-bond donors (Lipinski definition) is 2. The molecule has 0 amide bonds. The zero-order chi connectivity index (χ0) is 4.28. The molecule has 0 atom stereocenters. The lowest BCUT2D eigenvalue weighted by molar-refractivity contribution is 1.28. The molecular weight excluding hydrogens is 162 g/mol. The third kappa shape index (κ3) is 8.82. The second-order valence-corrected chi connectivity index (χ2v) is 1.34. The summed E-state index contributed by atoms with van der Waals surface area (Å²) in [4.78, 5) is 0. The number of halogens is 1. The van der Waals surface area contributed by atoms with E-state index < -0.39 is 0 Å². The van der Waals surface area contributed by atoms with E-state index in [9.17, 15) is 0 Å². The molecule has 0 fully saturated rings. The zero-order valence-electron chi connectivity index (χ0n) is 3.56. The smallest absolute Gasteiger partial charge is 0.0608 e. The first kappa shape index (κ1) is 9.71. The van der Waals surface area contributed by atoms with Crippen LogP contribution in [-0.2, 0) is 0 Å². The fourth-order valence-corrected chi connectivity index (χ4v) is 0. The van der Waals surface area contributed by atoms with Crippen LogP contribution in [0.2, 0.25) is 0 Å². The monoisotopic (exact) mass is 169 g/mol. The maximum Gasteiger partial charge on any atom is 0.0608 e. The zero-order valence-corrected chi connectivity index (χ0v) is 6.17. The van der Waals surface area contributed by atoms with Gasteiger partial charge in [-0.3, -0.25) is 5.41 Å². The molecule has 0 aromatic rings. The lowest BCUT2D eigenvalue weighted by Gasteiger charge is -1.76. The first-order valence-electron chi connectivity index (χ1n) is 1.53. The van der Waals surface area contributed by atoms with E-state index in [4.69, 9.17) is 5.41 Å². The van der Waals surface area contributed by atoms with Gasteiger partial charge in [-0.15, -0.1) is 29.6 Å². The van der Waals surface area contributed by atoms with Crippen LogP contribution in [0.1, 0.15) is 13.3 Å². The van der Waals surface area contributed by atoms with E-state index in [2.05, 4.69) is 12.6 Å². The van der Waals surface area contributed by atoms with Crippen molar-refractivity contribution in [2.45, 2.75) is 13.3 Å². The predicted octanol–water partition coefficient (Wildman–Crippen LogP) is 1.88. The Bertz CT molecular complexity index is 46.1. The lowest BCUT2D eigenvalue weighted by atomic mass is 10.5. The van der Waals surface area contributed by atoms with Crippen LogP contribution in [0.5, 0.6) is 0 Å². The quantitative estimate of drug-likeness (QED) is 0.341. The number of nitrogens with one attached hydrogen (secondary N) is 1. The van der Waals surface area contributed by atoms with Crippen molar-refractivity contribution in [1.82, 2.24) is 0 Å². The molecule has 0 heterocycles. The summed E-state index contributed by atoms with van der Waals surface area (Å²) in [6.45, 7) is 1.90. The summed E-state index contributed by atoms with van der Waals surface area (Å²) in [5.74, 6) is 0. The largest absolute Gasteiger partial charge is 0.299 e. The van der Waals surface area contributed by atoms with Crippen molar-refractivity contribution < 1.29 is 0 Å². The molecule has 0 saturated carbocycles. The van der Waals surface area contributed by atoms with E-state index in [1.54, 1.807) is 0 Å². The van der Waals surface area contributed by atoms with Crippen LogP contribution in [0.15, 0.2) is 0 Å². The van der Waals surface area contributed by atoms with E-state index in [1.165, 1.54) is 0 Å². The minimum Gasteiger partial charge on any atom is -0.299 e. The van der Waals surface area contributed by atoms with Crippen LogP contribution < -0.4 is 0 Å². The Morgan fingerprint density at radius 2 is 2.00 bits per heavy atom. The van der Waals surface area contributed by atoms with Gasteiger partial charge in [-0.05, 0) is 6.42 Å². The van der Waals surface area contributed by atoms with Gasteiger partial charge in [-0.25, -0.2) is 0 Å². The fourth-order valence-electron chi connectivity index (χ4n) is 0. The molecule has 0 rings (SSSR count). The third-order valence-corrected chi connectivity index (χ3v) is 0.651. The highest BCUT2D eigenvalue weighted by atomic mass is 79.9. The summed E-state index contributed by atoms with van der Waals surface area (Å²) in [7, 11) is 0. The molecule has 6 heavy (non-hydrogen) atoms.